The molecule has 2 amide bonds. The number of fused-ring (bicyclic) bond motifs is 1. The second-order valence-corrected chi connectivity index (χ2v) is 7.15. The maximum atomic E-state index is 12.1. The van der Waals surface area contributed by atoms with Gasteiger partial charge in [0.05, 0.1) is 16.8 Å². The van der Waals surface area contributed by atoms with E-state index < -0.39 is 0 Å². The average molecular weight is 331 g/mol. The lowest BCUT2D eigenvalue weighted by atomic mass is 9.89. The minimum absolute atomic E-state index is 0.0123. The van der Waals surface area contributed by atoms with Crippen LogP contribution >= 0.6 is 11.3 Å². The van der Waals surface area contributed by atoms with Crippen LogP contribution in [0, 0.1) is 0 Å². The number of hydrogen-bond acceptors (Lipinski definition) is 4. The molecule has 3 rings (SSSR count). The molecule has 0 bridgehead atoms. The summed E-state index contributed by atoms with van der Waals surface area (Å²) in [7, 11) is 0. The Labute approximate surface area is 139 Å². The van der Waals surface area contributed by atoms with Gasteiger partial charge in [0.1, 0.15) is 5.01 Å². The molecule has 5 nitrogen and oxygen atoms in total. The van der Waals surface area contributed by atoms with Crippen LogP contribution in [0.25, 0.3) is 10.2 Å². The van der Waals surface area contributed by atoms with Crippen molar-refractivity contribution in [2.24, 2.45) is 0 Å². The quantitative estimate of drug-likeness (QED) is 0.855. The van der Waals surface area contributed by atoms with Crippen molar-refractivity contribution in [1.29, 1.82) is 0 Å². The van der Waals surface area contributed by atoms with E-state index in [4.69, 9.17) is 0 Å². The van der Waals surface area contributed by atoms with Crippen LogP contribution in [0.15, 0.2) is 24.3 Å². The molecular formula is C17H21N3O2S. The van der Waals surface area contributed by atoms with E-state index in [0.717, 1.165) is 28.1 Å². The molecule has 1 atom stereocenters. The first-order valence-corrected chi connectivity index (χ1v) is 8.84. The number of carbonyl (C=O) groups is 2. The number of rotatable bonds is 6. The fourth-order valence-corrected chi connectivity index (χ4v) is 3.92. The van der Waals surface area contributed by atoms with Crippen LogP contribution < -0.4 is 10.6 Å². The van der Waals surface area contributed by atoms with Crippen LogP contribution in [0.2, 0.25) is 0 Å². The lowest BCUT2D eigenvalue weighted by molar-refractivity contribution is -0.122. The minimum atomic E-state index is -0.190. The van der Waals surface area contributed by atoms with Crippen LogP contribution in [0.3, 0.4) is 0 Å². The van der Waals surface area contributed by atoms with Crippen LogP contribution in [-0.2, 0) is 16.1 Å². The molecule has 0 aliphatic carbocycles. The Morgan fingerprint density at radius 2 is 2.26 bits per heavy atom. The topological polar surface area (TPSA) is 71.1 Å². The van der Waals surface area contributed by atoms with Crippen molar-refractivity contribution in [3.05, 3.63) is 29.3 Å². The summed E-state index contributed by atoms with van der Waals surface area (Å²) >= 11 is 1.60. The Kier molecular flexibility index (Phi) is 4.61. The predicted octanol–water partition coefficient (Wildman–Crippen LogP) is 2.75. The summed E-state index contributed by atoms with van der Waals surface area (Å²) in [6, 6.07) is 7.96. The lowest BCUT2D eigenvalue weighted by Gasteiger charge is -2.27. The van der Waals surface area contributed by atoms with E-state index >= 15 is 0 Å². The fraction of sp³-hybridized carbons (Fsp3) is 0.471. The normalized spacial score (nSPS) is 20.7. The van der Waals surface area contributed by atoms with Gasteiger partial charge in [-0.25, -0.2) is 4.98 Å². The number of thiazole rings is 1. The van der Waals surface area contributed by atoms with Gasteiger partial charge in [0.15, 0.2) is 0 Å². The highest BCUT2D eigenvalue weighted by Crippen LogP contribution is 2.28. The molecule has 23 heavy (non-hydrogen) atoms. The molecule has 0 unspecified atom stereocenters. The number of amides is 2. The zero-order chi connectivity index (χ0) is 16.3. The van der Waals surface area contributed by atoms with Gasteiger partial charge in [-0.2, -0.15) is 0 Å². The minimum Gasteiger partial charge on any atom is -0.351 e. The molecule has 2 aromatic rings. The zero-order valence-electron chi connectivity index (χ0n) is 13.2. The second-order valence-electron chi connectivity index (χ2n) is 6.03. The first kappa shape index (κ1) is 15.9. The predicted molar refractivity (Wildman–Crippen MR) is 91.1 cm³/mol. The third kappa shape index (κ3) is 3.69. The van der Waals surface area contributed by atoms with Crippen LogP contribution in [-0.4, -0.2) is 22.3 Å². The third-order valence-electron chi connectivity index (χ3n) is 4.52. The van der Waals surface area contributed by atoms with Crippen molar-refractivity contribution in [2.45, 2.75) is 51.1 Å². The molecule has 1 aliphatic rings. The monoisotopic (exact) mass is 331 g/mol. The number of carbonyl (C=O) groups excluding carboxylic acids is 2. The van der Waals surface area contributed by atoms with Crippen LogP contribution in [0.4, 0.5) is 0 Å². The van der Waals surface area contributed by atoms with E-state index in [0.29, 0.717) is 25.8 Å². The fourth-order valence-electron chi connectivity index (χ4n) is 3.01. The van der Waals surface area contributed by atoms with Crippen molar-refractivity contribution >= 4 is 33.4 Å². The summed E-state index contributed by atoms with van der Waals surface area (Å²) < 4.78 is 1.13. The van der Waals surface area contributed by atoms with Crippen molar-refractivity contribution in [3.63, 3.8) is 0 Å². The number of benzene rings is 1. The molecule has 122 valence electrons. The molecular weight excluding hydrogens is 310 g/mol. The Hall–Kier alpha value is -1.95. The number of nitrogens with zero attached hydrogens (tertiary/aromatic N) is 1. The van der Waals surface area contributed by atoms with Crippen LogP contribution in [0.1, 0.15) is 44.0 Å². The summed E-state index contributed by atoms with van der Waals surface area (Å²) in [5.41, 5.74) is 0.782. The summed E-state index contributed by atoms with van der Waals surface area (Å²) in [4.78, 5) is 28.0. The summed E-state index contributed by atoms with van der Waals surface area (Å²) in [5, 5.41) is 6.88. The molecule has 0 spiro atoms. The van der Waals surface area contributed by atoms with Crippen molar-refractivity contribution in [3.8, 4) is 0 Å². The summed E-state index contributed by atoms with van der Waals surface area (Å²) in [6.45, 7) is 2.52. The van der Waals surface area contributed by atoms with E-state index in [2.05, 4.69) is 22.5 Å². The van der Waals surface area contributed by atoms with Gasteiger partial charge in [-0.05, 0) is 31.4 Å². The number of hydrogen-bond donors (Lipinski definition) is 2. The maximum Gasteiger partial charge on any atom is 0.220 e. The molecule has 2 heterocycles. The van der Waals surface area contributed by atoms with Crippen molar-refractivity contribution in [2.75, 3.05) is 0 Å². The second kappa shape index (κ2) is 6.66. The van der Waals surface area contributed by atoms with E-state index in [-0.39, 0.29) is 17.4 Å². The maximum absolute atomic E-state index is 12.1. The first-order valence-electron chi connectivity index (χ1n) is 8.02. The van der Waals surface area contributed by atoms with Gasteiger partial charge in [0.25, 0.3) is 0 Å². The molecule has 1 aliphatic heterocycles. The highest BCUT2D eigenvalue weighted by Gasteiger charge is 2.35. The van der Waals surface area contributed by atoms with E-state index in [1.807, 2.05) is 24.3 Å². The van der Waals surface area contributed by atoms with Gasteiger partial charge in [0.2, 0.25) is 11.8 Å². The average Bonchev–Trinajstić information content (AvgIpc) is 3.14. The van der Waals surface area contributed by atoms with Gasteiger partial charge < -0.3 is 10.6 Å². The van der Waals surface area contributed by atoms with E-state index in [1.165, 1.54) is 0 Å². The van der Waals surface area contributed by atoms with Gasteiger partial charge >= 0.3 is 0 Å². The molecule has 2 N–H and O–H groups in total. The summed E-state index contributed by atoms with van der Waals surface area (Å²) in [5.74, 6) is 0.111. The molecule has 1 aromatic heterocycles. The molecule has 1 fully saturated rings. The van der Waals surface area contributed by atoms with Crippen molar-refractivity contribution in [1.82, 2.24) is 15.6 Å². The Bertz CT molecular complexity index is 694. The molecule has 0 saturated carbocycles. The number of nitrogens with one attached hydrogen (secondary N) is 2. The Balaban J connectivity index is 1.50. The SMILES string of the molecule is CC[C@@]1(CCC(=O)NCc2nc3ccccc3s2)CCC(=O)N1. The van der Waals surface area contributed by atoms with Crippen LogP contribution in [0.5, 0.6) is 0 Å². The summed E-state index contributed by atoms with van der Waals surface area (Å²) in [6.07, 6.45) is 3.39. The van der Waals surface area contributed by atoms with Gasteiger partial charge in [-0.1, -0.05) is 19.1 Å². The smallest absolute Gasteiger partial charge is 0.220 e. The standard InChI is InChI=1S/C17H21N3O2S/c1-2-17(10-8-15(22)20-17)9-7-14(21)18-11-16-19-12-5-3-4-6-13(12)23-16/h3-6H,2,7-11H2,1H3,(H,18,21)(H,20,22)/t17-/m1/s1. The first-order chi connectivity index (χ1) is 11.1. The molecule has 6 heteroatoms. The third-order valence-corrected chi connectivity index (χ3v) is 5.55. The van der Waals surface area contributed by atoms with Gasteiger partial charge in [0, 0.05) is 18.4 Å². The highest BCUT2D eigenvalue weighted by molar-refractivity contribution is 7.18. The van der Waals surface area contributed by atoms with E-state index in [9.17, 15) is 9.59 Å². The lowest BCUT2D eigenvalue weighted by Crippen LogP contribution is -2.42. The van der Waals surface area contributed by atoms with E-state index in [1.54, 1.807) is 11.3 Å². The van der Waals surface area contributed by atoms with Gasteiger partial charge in [-0.3, -0.25) is 9.59 Å². The highest BCUT2D eigenvalue weighted by atomic mass is 32.1. The van der Waals surface area contributed by atoms with Gasteiger partial charge in [-0.15, -0.1) is 11.3 Å². The zero-order valence-corrected chi connectivity index (χ0v) is 14.0. The molecule has 0 radical (unpaired) electrons. The largest absolute Gasteiger partial charge is 0.351 e. The number of aromatic nitrogens is 1. The Morgan fingerprint density at radius 1 is 1.43 bits per heavy atom. The molecule has 1 aromatic carbocycles. The van der Waals surface area contributed by atoms with Crippen molar-refractivity contribution < 1.29 is 9.59 Å². The molecule has 1 saturated heterocycles. The number of para-hydroxylation sites is 1. The Morgan fingerprint density at radius 3 is 2.96 bits per heavy atom.